The zero-order chi connectivity index (χ0) is 20.9. The van der Waals surface area contributed by atoms with Crippen molar-refractivity contribution in [3.8, 4) is 11.5 Å². The molecule has 1 aliphatic rings. The van der Waals surface area contributed by atoms with Gasteiger partial charge >= 0.3 is 0 Å². The number of benzene rings is 2. The highest BCUT2D eigenvalue weighted by atomic mass is 16.5. The zero-order valence-corrected chi connectivity index (χ0v) is 17.4. The predicted molar refractivity (Wildman–Crippen MR) is 116 cm³/mol. The molecule has 2 aromatic carbocycles. The summed E-state index contributed by atoms with van der Waals surface area (Å²) in [6.45, 7) is 7.19. The number of anilines is 1. The van der Waals surface area contributed by atoms with Gasteiger partial charge in [0.15, 0.2) is 0 Å². The van der Waals surface area contributed by atoms with Gasteiger partial charge in [-0.2, -0.15) is 0 Å². The van der Waals surface area contributed by atoms with Gasteiger partial charge in [0.1, 0.15) is 5.76 Å². The number of carbonyl (C=O) groups excluding carboxylic acids is 1. The molecule has 4 rings (SSSR count). The van der Waals surface area contributed by atoms with Gasteiger partial charge in [0, 0.05) is 24.3 Å². The molecule has 1 saturated heterocycles. The zero-order valence-electron chi connectivity index (χ0n) is 17.4. The molecule has 2 heterocycles. The Balaban J connectivity index is 1.36. The molecular weight excluding hydrogens is 378 g/mol. The number of aromatic nitrogens is 1. The number of rotatable bonds is 6. The lowest BCUT2D eigenvalue weighted by molar-refractivity contribution is -0.121. The first-order valence-corrected chi connectivity index (χ1v) is 10.3. The summed E-state index contributed by atoms with van der Waals surface area (Å²) in [5.41, 5.74) is 3.83. The average Bonchev–Trinajstić information content (AvgIpc) is 3.15. The molecule has 156 valence electrons. The molecule has 1 unspecified atom stereocenters. The normalized spacial score (nSPS) is 15.1. The number of hydrogen-bond acceptors (Lipinski definition) is 5. The number of nitrogens with zero attached hydrogens (tertiary/aromatic N) is 2. The maximum atomic E-state index is 12.6. The monoisotopic (exact) mass is 405 g/mol. The minimum Gasteiger partial charge on any atom is -0.441 e. The van der Waals surface area contributed by atoms with E-state index in [1.807, 2.05) is 44.2 Å². The molecular formula is C24H27N3O3. The van der Waals surface area contributed by atoms with E-state index in [9.17, 15) is 4.79 Å². The van der Waals surface area contributed by atoms with Gasteiger partial charge in [-0.3, -0.25) is 4.79 Å². The smallest absolute Gasteiger partial charge is 0.226 e. The highest BCUT2D eigenvalue weighted by Crippen LogP contribution is 2.23. The maximum absolute atomic E-state index is 12.6. The van der Waals surface area contributed by atoms with Crippen LogP contribution >= 0.6 is 0 Å². The van der Waals surface area contributed by atoms with Gasteiger partial charge in [-0.1, -0.05) is 30.3 Å². The maximum Gasteiger partial charge on any atom is 0.226 e. The van der Waals surface area contributed by atoms with Crippen LogP contribution in [0.1, 0.15) is 30.0 Å². The molecule has 0 aliphatic carbocycles. The summed E-state index contributed by atoms with van der Waals surface area (Å²) in [7, 11) is 0. The molecule has 6 nitrogen and oxygen atoms in total. The lowest BCUT2D eigenvalue weighted by Crippen LogP contribution is -2.36. The van der Waals surface area contributed by atoms with Crippen molar-refractivity contribution in [2.24, 2.45) is 0 Å². The number of hydrogen-bond donors (Lipinski definition) is 1. The van der Waals surface area contributed by atoms with Crippen LogP contribution in [0.2, 0.25) is 0 Å². The SMILES string of the molecule is Cc1oc(-c2ccccc2)nc1CC(=O)NC(C)c1ccc(N2CCOCC2)cc1. The van der Waals surface area contributed by atoms with Gasteiger partial charge in [0.05, 0.1) is 31.4 Å². The summed E-state index contributed by atoms with van der Waals surface area (Å²) in [6.07, 6.45) is 0.193. The Bertz CT molecular complexity index is 977. The standard InChI is InChI=1S/C24H27N3O3/c1-17(19-8-10-21(11-9-19)27-12-14-29-15-13-27)25-23(28)16-22-18(2)30-24(26-22)20-6-4-3-5-7-20/h3-11,17H,12-16H2,1-2H3,(H,25,28). The van der Waals surface area contributed by atoms with Crippen LogP contribution in [0, 0.1) is 6.92 Å². The number of amides is 1. The fourth-order valence-electron chi connectivity index (χ4n) is 3.62. The van der Waals surface area contributed by atoms with Crippen molar-refractivity contribution in [2.75, 3.05) is 31.2 Å². The molecule has 1 aliphatic heterocycles. The molecule has 3 aromatic rings. The van der Waals surface area contributed by atoms with E-state index in [2.05, 4.69) is 39.5 Å². The van der Waals surface area contributed by atoms with Crippen LogP contribution in [-0.2, 0) is 16.0 Å². The molecule has 6 heteroatoms. The van der Waals surface area contributed by atoms with Crippen molar-refractivity contribution >= 4 is 11.6 Å². The number of oxazole rings is 1. The fraction of sp³-hybridized carbons (Fsp3) is 0.333. The predicted octanol–water partition coefficient (Wildman–Crippen LogP) is 3.91. The summed E-state index contributed by atoms with van der Waals surface area (Å²) in [4.78, 5) is 19.4. The lowest BCUT2D eigenvalue weighted by atomic mass is 10.1. The Morgan fingerprint density at radius 1 is 1.10 bits per heavy atom. The molecule has 0 spiro atoms. The van der Waals surface area contributed by atoms with Crippen LogP contribution in [0.15, 0.2) is 59.0 Å². The molecule has 0 saturated carbocycles. The van der Waals surface area contributed by atoms with E-state index in [1.165, 1.54) is 5.69 Å². The molecule has 1 aromatic heterocycles. The topological polar surface area (TPSA) is 67.6 Å². The summed E-state index contributed by atoms with van der Waals surface area (Å²) in [5.74, 6) is 1.14. The van der Waals surface area contributed by atoms with Gasteiger partial charge in [-0.15, -0.1) is 0 Å². The first-order valence-electron chi connectivity index (χ1n) is 10.3. The van der Waals surface area contributed by atoms with Gasteiger partial charge in [0.2, 0.25) is 11.8 Å². The van der Waals surface area contributed by atoms with Crippen molar-refractivity contribution in [1.29, 1.82) is 0 Å². The van der Waals surface area contributed by atoms with Crippen LogP contribution in [-0.4, -0.2) is 37.2 Å². The fourth-order valence-corrected chi connectivity index (χ4v) is 3.62. The largest absolute Gasteiger partial charge is 0.441 e. The number of ether oxygens (including phenoxy) is 1. The molecule has 0 bridgehead atoms. The van der Waals surface area contributed by atoms with Crippen LogP contribution in [0.3, 0.4) is 0 Å². The Morgan fingerprint density at radius 2 is 1.80 bits per heavy atom. The second-order valence-corrected chi connectivity index (χ2v) is 7.54. The second-order valence-electron chi connectivity index (χ2n) is 7.54. The summed E-state index contributed by atoms with van der Waals surface area (Å²) < 4.78 is 11.2. The quantitative estimate of drug-likeness (QED) is 0.674. The Hall–Kier alpha value is -3.12. The van der Waals surface area contributed by atoms with Gasteiger partial charge in [-0.05, 0) is 43.7 Å². The van der Waals surface area contributed by atoms with Crippen LogP contribution in [0.5, 0.6) is 0 Å². The third kappa shape index (κ3) is 4.71. The Labute approximate surface area is 176 Å². The van der Waals surface area contributed by atoms with E-state index < -0.39 is 0 Å². The van der Waals surface area contributed by atoms with Crippen LogP contribution in [0.4, 0.5) is 5.69 Å². The van der Waals surface area contributed by atoms with Gasteiger partial charge in [0.25, 0.3) is 0 Å². The Kier molecular flexibility index (Phi) is 6.14. The van der Waals surface area contributed by atoms with Crippen molar-refractivity contribution in [2.45, 2.75) is 26.3 Å². The van der Waals surface area contributed by atoms with Crippen molar-refractivity contribution < 1.29 is 13.9 Å². The second kappa shape index (κ2) is 9.13. The van der Waals surface area contributed by atoms with E-state index in [0.29, 0.717) is 17.3 Å². The number of carbonyl (C=O) groups is 1. The molecule has 0 radical (unpaired) electrons. The average molecular weight is 405 g/mol. The van der Waals surface area contributed by atoms with Gasteiger partial charge < -0.3 is 19.4 Å². The molecule has 30 heavy (non-hydrogen) atoms. The highest BCUT2D eigenvalue weighted by Gasteiger charge is 2.17. The highest BCUT2D eigenvalue weighted by molar-refractivity contribution is 5.79. The molecule has 1 atom stereocenters. The number of morpholine rings is 1. The molecule has 1 fully saturated rings. The third-order valence-electron chi connectivity index (χ3n) is 5.39. The van der Waals surface area contributed by atoms with Crippen molar-refractivity contribution in [3.63, 3.8) is 0 Å². The Morgan fingerprint density at radius 3 is 2.50 bits per heavy atom. The van der Waals surface area contributed by atoms with Crippen molar-refractivity contribution in [3.05, 3.63) is 71.6 Å². The number of nitrogens with one attached hydrogen (secondary N) is 1. The molecule has 1 amide bonds. The summed E-state index contributed by atoms with van der Waals surface area (Å²) in [5, 5.41) is 3.07. The minimum atomic E-state index is -0.0861. The summed E-state index contributed by atoms with van der Waals surface area (Å²) in [6, 6.07) is 18.0. The van der Waals surface area contributed by atoms with E-state index >= 15 is 0 Å². The summed E-state index contributed by atoms with van der Waals surface area (Å²) >= 11 is 0. The number of aryl methyl sites for hydroxylation is 1. The van der Waals surface area contributed by atoms with Gasteiger partial charge in [-0.25, -0.2) is 4.98 Å². The van der Waals surface area contributed by atoms with E-state index in [-0.39, 0.29) is 18.4 Å². The van der Waals surface area contributed by atoms with E-state index in [0.717, 1.165) is 37.4 Å². The van der Waals surface area contributed by atoms with Crippen molar-refractivity contribution in [1.82, 2.24) is 10.3 Å². The first kappa shape index (κ1) is 20.2. The minimum absolute atomic E-state index is 0.0734. The molecule has 1 N–H and O–H groups in total. The third-order valence-corrected chi connectivity index (χ3v) is 5.39. The van der Waals surface area contributed by atoms with Crippen LogP contribution < -0.4 is 10.2 Å². The lowest BCUT2D eigenvalue weighted by Gasteiger charge is -2.29. The van der Waals surface area contributed by atoms with E-state index in [4.69, 9.17) is 9.15 Å². The first-order chi connectivity index (χ1) is 14.6. The van der Waals surface area contributed by atoms with E-state index in [1.54, 1.807) is 0 Å². The van der Waals surface area contributed by atoms with Crippen LogP contribution in [0.25, 0.3) is 11.5 Å².